The summed E-state index contributed by atoms with van der Waals surface area (Å²) in [6.07, 6.45) is 0.178. The SMILES string of the molecule is O=C1CC(C(c2ccccc2)(c2ccccc2)c2ccccc2)C(=O)N1. The minimum Gasteiger partial charge on any atom is -0.296 e. The van der Waals surface area contributed by atoms with Crippen molar-refractivity contribution in [1.82, 2.24) is 5.32 Å². The van der Waals surface area contributed by atoms with Gasteiger partial charge in [-0.15, -0.1) is 0 Å². The maximum Gasteiger partial charge on any atom is 0.231 e. The van der Waals surface area contributed by atoms with Crippen molar-refractivity contribution in [2.45, 2.75) is 11.8 Å². The number of amides is 2. The molecule has 1 heterocycles. The molecule has 4 rings (SSSR count). The summed E-state index contributed by atoms with van der Waals surface area (Å²) in [6, 6.07) is 30.0. The summed E-state index contributed by atoms with van der Waals surface area (Å²) in [4.78, 5) is 24.9. The van der Waals surface area contributed by atoms with Crippen LogP contribution < -0.4 is 5.32 Å². The second kappa shape index (κ2) is 6.60. The Hall–Kier alpha value is -3.20. The lowest BCUT2D eigenvalue weighted by Crippen LogP contribution is -2.41. The largest absolute Gasteiger partial charge is 0.296 e. The molecule has 1 fully saturated rings. The highest BCUT2D eigenvalue weighted by Gasteiger charge is 2.50. The minimum atomic E-state index is -0.722. The van der Waals surface area contributed by atoms with Crippen molar-refractivity contribution in [3.8, 4) is 0 Å². The maximum absolute atomic E-state index is 12.8. The molecule has 0 radical (unpaired) electrons. The molecule has 3 nitrogen and oxygen atoms in total. The van der Waals surface area contributed by atoms with E-state index in [1.807, 2.05) is 91.0 Å². The normalized spacial score (nSPS) is 17.2. The fraction of sp³-hybridized carbons (Fsp3) is 0.130. The second-order valence-corrected chi connectivity index (χ2v) is 6.58. The van der Waals surface area contributed by atoms with Gasteiger partial charge in [0.25, 0.3) is 0 Å². The summed E-state index contributed by atoms with van der Waals surface area (Å²) in [6.45, 7) is 0. The van der Waals surface area contributed by atoms with Crippen LogP contribution in [0.1, 0.15) is 23.1 Å². The molecule has 3 heteroatoms. The molecule has 1 aliphatic rings. The molecular formula is C23H19NO2. The third kappa shape index (κ3) is 2.53. The lowest BCUT2D eigenvalue weighted by atomic mass is 9.61. The van der Waals surface area contributed by atoms with Crippen LogP contribution in [0.15, 0.2) is 91.0 Å². The summed E-state index contributed by atoms with van der Waals surface area (Å²) >= 11 is 0. The Labute approximate surface area is 152 Å². The zero-order valence-electron chi connectivity index (χ0n) is 14.3. The third-order valence-electron chi connectivity index (χ3n) is 5.18. The molecule has 1 atom stereocenters. The van der Waals surface area contributed by atoms with Crippen LogP contribution in [0.2, 0.25) is 0 Å². The zero-order valence-corrected chi connectivity index (χ0v) is 14.3. The standard InChI is InChI=1S/C23H19NO2/c25-21-16-20(22(26)24-21)23(17-10-4-1-5-11-17,18-12-6-2-7-13-18)19-14-8-3-9-15-19/h1-15,20H,16H2,(H,24,25,26). The van der Waals surface area contributed by atoms with E-state index >= 15 is 0 Å². The third-order valence-corrected chi connectivity index (χ3v) is 5.18. The van der Waals surface area contributed by atoms with Crippen LogP contribution in [0.25, 0.3) is 0 Å². The molecule has 0 bridgehead atoms. The van der Waals surface area contributed by atoms with Crippen LogP contribution in [-0.2, 0) is 15.0 Å². The molecule has 26 heavy (non-hydrogen) atoms. The zero-order chi connectivity index (χ0) is 18.0. The number of imide groups is 1. The molecule has 0 aromatic heterocycles. The lowest BCUT2D eigenvalue weighted by Gasteiger charge is -2.39. The Bertz CT molecular complexity index is 824. The number of benzene rings is 3. The van der Waals surface area contributed by atoms with E-state index in [0.29, 0.717) is 0 Å². The van der Waals surface area contributed by atoms with Gasteiger partial charge in [-0.05, 0) is 16.7 Å². The Morgan fingerprint density at radius 1 is 0.654 bits per heavy atom. The minimum absolute atomic E-state index is 0.178. The molecule has 2 amide bonds. The van der Waals surface area contributed by atoms with Gasteiger partial charge in [-0.2, -0.15) is 0 Å². The molecule has 1 N–H and O–H groups in total. The van der Waals surface area contributed by atoms with Gasteiger partial charge in [0.15, 0.2) is 0 Å². The Morgan fingerprint density at radius 3 is 1.35 bits per heavy atom. The van der Waals surface area contributed by atoms with Crippen LogP contribution in [0.3, 0.4) is 0 Å². The van der Waals surface area contributed by atoms with Crippen molar-refractivity contribution >= 4 is 11.8 Å². The molecule has 3 aromatic carbocycles. The number of hydrogen-bond donors (Lipinski definition) is 1. The van der Waals surface area contributed by atoms with E-state index < -0.39 is 11.3 Å². The van der Waals surface area contributed by atoms with Gasteiger partial charge in [0, 0.05) is 6.42 Å². The van der Waals surface area contributed by atoms with Crippen LogP contribution in [0.5, 0.6) is 0 Å². The van der Waals surface area contributed by atoms with E-state index in [2.05, 4.69) is 5.32 Å². The number of carbonyl (C=O) groups is 2. The average Bonchev–Trinajstić information content (AvgIpc) is 3.03. The fourth-order valence-corrected chi connectivity index (χ4v) is 4.11. The molecule has 1 saturated heterocycles. The highest BCUT2D eigenvalue weighted by Crippen LogP contribution is 2.47. The van der Waals surface area contributed by atoms with Crippen LogP contribution >= 0.6 is 0 Å². The number of rotatable bonds is 4. The average molecular weight is 341 g/mol. The topological polar surface area (TPSA) is 46.2 Å². The number of carbonyl (C=O) groups excluding carboxylic acids is 2. The Morgan fingerprint density at radius 2 is 1.04 bits per heavy atom. The Balaban J connectivity index is 2.07. The van der Waals surface area contributed by atoms with Crippen molar-refractivity contribution in [2.24, 2.45) is 5.92 Å². The Kier molecular flexibility index (Phi) is 4.13. The molecule has 1 unspecified atom stereocenters. The molecular weight excluding hydrogens is 322 g/mol. The van der Waals surface area contributed by atoms with Crippen molar-refractivity contribution < 1.29 is 9.59 Å². The summed E-state index contributed by atoms with van der Waals surface area (Å²) in [5, 5.41) is 2.50. The van der Waals surface area contributed by atoms with Crippen molar-refractivity contribution in [3.05, 3.63) is 108 Å². The first-order valence-electron chi connectivity index (χ1n) is 8.73. The van der Waals surface area contributed by atoms with Gasteiger partial charge in [0.05, 0.1) is 11.3 Å². The van der Waals surface area contributed by atoms with Gasteiger partial charge in [-0.3, -0.25) is 14.9 Å². The van der Waals surface area contributed by atoms with Crippen molar-refractivity contribution in [1.29, 1.82) is 0 Å². The summed E-state index contributed by atoms with van der Waals surface area (Å²) < 4.78 is 0. The van der Waals surface area contributed by atoms with E-state index in [0.717, 1.165) is 16.7 Å². The van der Waals surface area contributed by atoms with Gasteiger partial charge in [-0.25, -0.2) is 0 Å². The maximum atomic E-state index is 12.8. The van der Waals surface area contributed by atoms with Gasteiger partial charge in [0.1, 0.15) is 0 Å². The van der Waals surface area contributed by atoms with E-state index in [1.54, 1.807) is 0 Å². The first kappa shape index (κ1) is 16.3. The van der Waals surface area contributed by atoms with Gasteiger partial charge in [0.2, 0.25) is 11.8 Å². The van der Waals surface area contributed by atoms with E-state index in [9.17, 15) is 9.59 Å². The molecule has 128 valence electrons. The van der Waals surface area contributed by atoms with E-state index in [-0.39, 0.29) is 18.2 Å². The first-order valence-corrected chi connectivity index (χ1v) is 8.73. The van der Waals surface area contributed by atoms with Gasteiger partial charge < -0.3 is 0 Å². The molecule has 0 aliphatic carbocycles. The summed E-state index contributed by atoms with van der Waals surface area (Å²) in [5.74, 6) is -0.930. The van der Waals surface area contributed by atoms with Crippen LogP contribution in [0, 0.1) is 5.92 Å². The van der Waals surface area contributed by atoms with Gasteiger partial charge in [-0.1, -0.05) is 91.0 Å². The lowest BCUT2D eigenvalue weighted by molar-refractivity contribution is -0.126. The molecule has 3 aromatic rings. The highest BCUT2D eigenvalue weighted by atomic mass is 16.2. The second-order valence-electron chi connectivity index (χ2n) is 6.58. The highest BCUT2D eigenvalue weighted by molar-refractivity contribution is 6.05. The predicted octanol–water partition coefficient (Wildman–Crippen LogP) is 3.68. The van der Waals surface area contributed by atoms with Crippen molar-refractivity contribution in [2.75, 3.05) is 0 Å². The predicted molar refractivity (Wildman–Crippen MR) is 100 cm³/mol. The van der Waals surface area contributed by atoms with Crippen LogP contribution in [0.4, 0.5) is 0 Å². The molecule has 1 aliphatic heterocycles. The van der Waals surface area contributed by atoms with E-state index in [1.165, 1.54) is 0 Å². The fourth-order valence-electron chi connectivity index (χ4n) is 4.11. The first-order chi connectivity index (χ1) is 12.7. The van der Waals surface area contributed by atoms with Crippen molar-refractivity contribution in [3.63, 3.8) is 0 Å². The van der Waals surface area contributed by atoms with Gasteiger partial charge >= 0.3 is 0 Å². The molecule has 0 spiro atoms. The van der Waals surface area contributed by atoms with Crippen LogP contribution in [-0.4, -0.2) is 11.8 Å². The summed E-state index contributed by atoms with van der Waals surface area (Å²) in [7, 11) is 0. The molecule has 0 saturated carbocycles. The number of hydrogen-bond acceptors (Lipinski definition) is 2. The quantitative estimate of drug-likeness (QED) is 0.581. The smallest absolute Gasteiger partial charge is 0.231 e. The summed E-state index contributed by atoms with van der Waals surface area (Å²) in [5.41, 5.74) is 2.30. The van der Waals surface area contributed by atoms with E-state index in [4.69, 9.17) is 0 Å². The number of nitrogens with one attached hydrogen (secondary N) is 1. The monoisotopic (exact) mass is 341 g/mol.